The summed E-state index contributed by atoms with van der Waals surface area (Å²) in [5.74, 6) is -0.130. The Kier molecular flexibility index (Phi) is 5.24. The number of nitriles is 1. The second-order valence-electron chi connectivity index (χ2n) is 5.47. The summed E-state index contributed by atoms with van der Waals surface area (Å²) in [6.45, 7) is 0. The van der Waals surface area contributed by atoms with Crippen molar-refractivity contribution in [3.8, 4) is 17.2 Å². The van der Waals surface area contributed by atoms with E-state index < -0.39 is 10.0 Å². The van der Waals surface area contributed by atoms with Gasteiger partial charge in [0, 0.05) is 10.6 Å². The van der Waals surface area contributed by atoms with Gasteiger partial charge in [0.15, 0.2) is 0 Å². The van der Waals surface area contributed by atoms with E-state index in [1.54, 1.807) is 24.3 Å². The average Bonchev–Trinajstić information content (AvgIpc) is 2.63. The second kappa shape index (κ2) is 7.45. The standard InChI is InChI=1S/C18H12Cl2N4O2S/c19-12-6-7-15(20)16(8-12)27(25,26)24-17-9-13(11-4-2-1-3-5-11)14(10-21)18(22)23-17/h1-9H,(H3,22,23,24). The van der Waals surface area contributed by atoms with Crippen LogP contribution in [0.3, 0.4) is 0 Å². The van der Waals surface area contributed by atoms with Crippen molar-refractivity contribution in [2.45, 2.75) is 4.90 Å². The Morgan fingerprint density at radius 3 is 2.44 bits per heavy atom. The summed E-state index contributed by atoms with van der Waals surface area (Å²) < 4.78 is 27.7. The number of benzene rings is 2. The van der Waals surface area contributed by atoms with Crippen LogP contribution in [0.1, 0.15) is 5.56 Å². The van der Waals surface area contributed by atoms with Crippen LogP contribution >= 0.6 is 23.2 Å². The molecule has 0 bridgehead atoms. The van der Waals surface area contributed by atoms with Gasteiger partial charge in [-0.1, -0.05) is 53.5 Å². The van der Waals surface area contributed by atoms with Crippen LogP contribution in [0.25, 0.3) is 11.1 Å². The van der Waals surface area contributed by atoms with Crippen LogP contribution < -0.4 is 10.5 Å². The van der Waals surface area contributed by atoms with E-state index >= 15 is 0 Å². The molecule has 3 aromatic rings. The lowest BCUT2D eigenvalue weighted by Gasteiger charge is -2.13. The third-order valence-corrected chi connectivity index (χ3v) is 5.74. The summed E-state index contributed by atoms with van der Waals surface area (Å²) in [5.41, 5.74) is 7.18. The predicted molar refractivity (Wildman–Crippen MR) is 106 cm³/mol. The molecule has 1 heterocycles. The highest BCUT2D eigenvalue weighted by Gasteiger charge is 2.21. The summed E-state index contributed by atoms with van der Waals surface area (Å²) in [5, 5.41) is 9.62. The van der Waals surface area contributed by atoms with E-state index in [1.807, 2.05) is 12.1 Å². The Hall–Kier alpha value is -2.79. The maximum atomic E-state index is 12.7. The minimum absolute atomic E-state index is 0.0109. The first-order valence-electron chi connectivity index (χ1n) is 7.56. The van der Waals surface area contributed by atoms with E-state index in [9.17, 15) is 13.7 Å². The largest absolute Gasteiger partial charge is 0.383 e. The average molecular weight is 419 g/mol. The number of hydrogen-bond acceptors (Lipinski definition) is 5. The Balaban J connectivity index is 2.09. The minimum atomic E-state index is -4.07. The van der Waals surface area contributed by atoms with Crippen LogP contribution in [-0.2, 0) is 10.0 Å². The lowest BCUT2D eigenvalue weighted by Crippen LogP contribution is -2.15. The maximum Gasteiger partial charge on any atom is 0.264 e. The zero-order chi connectivity index (χ0) is 19.6. The van der Waals surface area contributed by atoms with Gasteiger partial charge in [-0.15, -0.1) is 0 Å². The van der Waals surface area contributed by atoms with Gasteiger partial charge in [-0.2, -0.15) is 5.26 Å². The number of nitrogens with zero attached hydrogens (tertiary/aromatic N) is 2. The Labute approximate surface area is 166 Å². The van der Waals surface area contributed by atoms with Gasteiger partial charge in [0.25, 0.3) is 10.0 Å². The lowest BCUT2D eigenvalue weighted by molar-refractivity contribution is 0.601. The van der Waals surface area contributed by atoms with Crippen molar-refractivity contribution in [1.29, 1.82) is 5.26 Å². The molecule has 0 spiro atoms. The van der Waals surface area contributed by atoms with Crippen LogP contribution in [0.5, 0.6) is 0 Å². The molecule has 0 saturated heterocycles. The van der Waals surface area contributed by atoms with E-state index in [0.717, 1.165) is 0 Å². The van der Waals surface area contributed by atoms with E-state index in [0.29, 0.717) is 11.1 Å². The number of halogens is 2. The number of hydrogen-bond donors (Lipinski definition) is 2. The summed E-state index contributed by atoms with van der Waals surface area (Å²) in [4.78, 5) is 3.79. The summed E-state index contributed by atoms with van der Waals surface area (Å²) in [6.07, 6.45) is 0. The van der Waals surface area contributed by atoms with Crippen molar-refractivity contribution in [1.82, 2.24) is 4.98 Å². The highest BCUT2D eigenvalue weighted by Crippen LogP contribution is 2.31. The van der Waals surface area contributed by atoms with Gasteiger partial charge in [0.1, 0.15) is 28.2 Å². The number of aromatic nitrogens is 1. The number of anilines is 2. The fraction of sp³-hybridized carbons (Fsp3) is 0. The molecular weight excluding hydrogens is 407 g/mol. The molecule has 0 aliphatic carbocycles. The molecule has 3 N–H and O–H groups in total. The van der Waals surface area contributed by atoms with Gasteiger partial charge < -0.3 is 5.73 Å². The van der Waals surface area contributed by atoms with Crippen LogP contribution in [0.4, 0.5) is 11.6 Å². The Morgan fingerprint density at radius 1 is 1.07 bits per heavy atom. The molecule has 1 aromatic heterocycles. The van der Waals surface area contributed by atoms with Crippen LogP contribution in [0.15, 0.2) is 59.5 Å². The van der Waals surface area contributed by atoms with Crippen LogP contribution in [-0.4, -0.2) is 13.4 Å². The molecule has 0 aliphatic heterocycles. The van der Waals surface area contributed by atoms with Crippen LogP contribution in [0, 0.1) is 11.3 Å². The van der Waals surface area contributed by atoms with Crippen molar-refractivity contribution in [2.24, 2.45) is 0 Å². The first-order chi connectivity index (χ1) is 12.8. The molecule has 0 fully saturated rings. The zero-order valence-electron chi connectivity index (χ0n) is 13.6. The van der Waals surface area contributed by atoms with Crippen LogP contribution in [0.2, 0.25) is 10.0 Å². The molecule has 0 unspecified atom stereocenters. The van der Waals surface area contributed by atoms with Gasteiger partial charge in [0.2, 0.25) is 0 Å². The molecular formula is C18H12Cl2N4O2S. The molecule has 0 aliphatic rings. The molecule has 2 aromatic carbocycles. The van der Waals surface area contributed by atoms with Gasteiger partial charge in [-0.25, -0.2) is 13.4 Å². The van der Waals surface area contributed by atoms with Crippen molar-refractivity contribution in [2.75, 3.05) is 10.5 Å². The highest BCUT2D eigenvalue weighted by atomic mass is 35.5. The third kappa shape index (κ3) is 3.98. The number of sulfonamides is 1. The Morgan fingerprint density at radius 2 is 1.78 bits per heavy atom. The lowest BCUT2D eigenvalue weighted by atomic mass is 10.0. The number of nitrogen functional groups attached to an aromatic ring is 1. The second-order valence-corrected chi connectivity index (χ2v) is 7.97. The van der Waals surface area contributed by atoms with E-state index in [1.165, 1.54) is 24.3 Å². The molecule has 0 atom stereocenters. The fourth-order valence-corrected chi connectivity index (χ4v) is 4.21. The summed E-state index contributed by atoms with van der Waals surface area (Å²) in [7, 11) is -4.07. The van der Waals surface area contributed by atoms with E-state index in [-0.39, 0.29) is 32.1 Å². The third-order valence-electron chi connectivity index (χ3n) is 3.67. The van der Waals surface area contributed by atoms with Gasteiger partial charge in [-0.05, 0) is 29.8 Å². The minimum Gasteiger partial charge on any atom is -0.383 e. The molecule has 27 heavy (non-hydrogen) atoms. The first kappa shape index (κ1) is 19.0. The molecule has 0 amide bonds. The van der Waals surface area contributed by atoms with E-state index in [2.05, 4.69) is 9.71 Å². The van der Waals surface area contributed by atoms with Crippen molar-refractivity contribution in [3.63, 3.8) is 0 Å². The van der Waals surface area contributed by atoms with Gasteiger partial charge in [-0.3, -0.25) is 4.72 Å². The predicted octanol–water partition coefficient (Wildman–Crippen LogP) is 4.31. The molecule has 136 valence electrons. The van der Waals surface area contributed by atoms with Crippen molar-refractivity contribution >= 4 is 44.9 Å². The summed E-state index contributed by atoms with van der Waals surface area (Å²) in [6, 6.07) is 16.5. The molecule has 3 rings (SSSR count). The summed E-state index contributed by atoms with van der Waals surface area (Å²) >= 11 is 11.9. The topological polar surface area (TPSA) is 109 Å². The molecule has 9 heteroatoms. The van der Waals surface area contributed by atoms with Gasteiger partial charge >= 0.3 is 0 Å². The maximum absolute atomic E-state index is 12.7. The fourth-order valence-electron chi connectivity index (χ4n) is 2.46. The van der Waals surface area contributed by atoms with Crippen molar-refractivity contribution < 1.29 is 8.42 Å². The number of nitrogens with two attached hydrogens (primary N) is 1. The first-order valence-corrected chi connectivity index (χ1v) is 9.79. The smallest absolute Gasteiger partial charge is 0.264 e. The van der Waals surface area contributed by atoms with Crippen molar-refractivity contribution in [3.05, 3.63) is 70.2 Å². The molecule has 0 saturated carbocycles. The zero-order valence-corrected chi connectivity index (χ0v) is 16.0. The number of pyridine rings is 1. The molecule has 0 radical (unpaired) electrons. The normalized spacial score (nSPS) is 11.0. The SMILES string of the molecule is N#Cc1c(-c2ccccc2)cc(NS(=O)(=O)c2cc(Cl)ccc2Cl)nc1N. The van der Waals surface area contributed by atoms with Gasteiger partial charge in [0.05, 0.1) is 5.02 Å². The number of rotatable bonds is 4. The Bertz CT molecular complexity index is 1160. The molecule has 6 nitrogen and oxygen atoms in total. The van der Waals surface area contributed by atoms with E-state index in [4.69, 9.17) is 28.9 Å². The highest BCUT2D eigenvalue weighted by molar-refractivity contribution is 7.92. The number of nitrogens with one attached hydrogen (secondary N) is 1. The quantitative estimate of drug-likeness (QED) is 0.655. The monoisotopic (exact) mass is 418 g/mol.